The smallest absolute Gasteiger partial charge is 0.343 e. The molecular weight excluding hydrogens is 324 g/mol. The van der Waals surface area contributed by atoms with Crippen LogP contribution >= 0.6 is 11.8 Å². The Kier molecular flexibility index (Phi) is 6.66. The summed E-state index contributed by atoms with van der Waals surface area (Å²) in [6.07, 6.45) is 1.66. The first kappa shape index (κ1) is 18.3. The zero-order valence-electron chi connectivity index (χ0n) is 14.3. The molecule has 0 aliphatic rings. The van der Waals surface area contributed by atoms with Crippen molar-refractivity contribution in [3.63, 3.8) is 0 Å². The zero-order chi connectivity index (χ0) is 17.5. The summed E-state index contributed by atoms with van der Waals surface area (Å²) in [5, 5.41) is 10.0. The normalized spacial score (nSPS) is 12.1. The van der Waals surface area contributed by atoms with Crippen LogP contribution in [0.2, 0.25) is 0 Å². The van der Waals surface area contributed by atoms with Gasteiger partial charge in [0.2, 0.25) is 5.91 Å². The lowest BCUT2D eigenvalue weighted by Gasteiger charge is -2.17. The van der Waals surface area contributed by atoms with E-state index in [-0.39, 0.29) is 23.4 Å². The second-order valence-corrected chi connectivity index (χ2v) is 6.63. The fraction of sp³-hybridized carbons (Fsp3) is 0.471. The molecule has 1 atom stereocenters. The summed E-state index contributed by atoms with van der Waals surface area (Å²) in [7, 11) is 0. The molecule has 0 aliphatic carbocycles. The lowest BCUT2D eigenvalue weighted by molar-refractivity contribution is -0.119. The Hall–Kier alpha value is -2.02. The van der Waals surface area contributed by atoms with Crippen LogP contribution in [0.15, 0.2) is 34.2 Å². The van der Waals surface area contributed by atoms with Crippen molar-refractivity contribution < 1.29 is 4.79 Å². The Bertz CT molecular complexity index is 721. The molecule has 0 radical (unpaired) electrons. The molecule has 0 unspecified atom stereocenters. The number of aromatic nitrogens is 3. The lowest BCUT2D eigenvalue weighted by atomic mass is 10.0. The van der Waals surface area contributed by atoms with Crippen LogP contribution in [0, 0.1) is 6.92 Å². The molecule has 1 aromatic heterocycles. The average Bonchev–Trinajstić information content (AvgIpc) is 2.92. The van der Waals surface area contributed by atoms with Gasteiger partial charge in [0, 0.05) is 6.54 Å². The quantitative estimate of drug-likeness (QED) is 0.719. The maximum atomic E-state index is 12.2. The summed E-state index contributed by atoms with van der Waals surface area (Å²) >= 11 is 1.27. The third-order valence-electron chi connectivity index (χ3n) is 3.73. The SMILES string of the molecule is CCCn1c(SCC(=O)N[C@H](CC)c2ccc(C)cc2)n[nH]c1=O. The molecule has 1 heterocycles. The molecule has 1 aromatic carbocycles. The van der Waals surface area contributed by atoms with E-state index in [2.05, 4.69) is 15.5 Å². The first-order chi connectivity index (χ1) is 11.5. The van der Waals surface area contributed by atoms with Gasteiger partial charge in [-0.25, -0.2) is 9.89 Å². The van der Waals surface area contributed by atoms with Gasteiger partial charge in [-0.1, -0.05) is 55.4 Å². The largest absolute Gasteiger partial charge is 0.349 e. The van der Waals surface area contributed by atoms with Crippen LogP contribution in [0.3, 0.4) is 0 Å². The minimum Gasteiger partial charge on any atom is -0.349 e. The number of aryl methyl sites for hydroxylation is 1. The van der Waals surface area contributed by atoms with E-state index < -0.39 is 0 Å². The van der Waals surface area contributed by atoms with E-state index in [1.54, 1.807) is 4.57 Å². The van der Waals surface area contributed by atoms with Crippen molar-refractivity contribution >= 4 is 17.7 Å². The molecule has 1 amide bonds. The van der Waals surface area contributed by atoms with Crippen molar-refractivity contribution in [1.29, 1.82) is 0 Å². The predicted octanol–water partition coefficient (Wildman–Crippen LogP) is 2.65. The van der Waals surface area contributed by atoms with Crippen LogP contribution in [-0.2, 0) is 11.3 Å². The summed E-state index contributed by atoms with van der Waals surface area (Å²) < 4.78 is 1.56. The molecule has 0 saturated carbocycles. The average molecular weight is 348 g/mol. The number of hydrogen-bond donors (Lipinski definition) is 2. The number of H-pyrrole nitrogens is 1. The monoisotopic (exact) mass is 348 g/mol. The van der Waals surface area contributed by atoms with E-state index in [1.165, 1.54) is 17.3 Å². The summed E-state index contributed by atoms with van der Waals surface area (Å²) in [5.41, 5.74) is 2.07. The summed E-state index contributed by atoms with van der Waals surface area (Å²) in [6.45, 7) is 6.68. The van der Waals surface area contributed by atoms with Crippen molar-refractivity contribution in [2.45, 2.75) is 51.4 Å². The van der Waals surface area contributed by atoms with Crippen molar-refractivity contribution in [3.05, 3.63) is 45.9 Å². The van der Waals surface area contributed by atoms with E-state index in [9.17, 15) is 9.59 Å². The third-order valence-corrected chi connectivity index (χ3v) is 4.70. The fourth-order valence-electron chi connectivity index (χ4n) is 2.42. The molecule has 2 N–H and O–H groups in total. The highest BCUT2D eigenvalue weighted by molar-refractivity contribution is 7.99. The number of carbonyl (C=O) groups excluding carboxylic acids is 1. The molecule has 7 heteroatoms. The van der Waals surface area contributed by atoms with Crippen LogP contribution < -0.4 is 11.0 Å². The second kappa shape index (κ2) is 8.73. The summed E-state index contributed by atoms with van der Waals surface area (Å²) in [6, 6.07) is 8.18. The van der Waals surface area contributed by atoms with Gasteiger partial charge >= 0.3 is 5.69 Å². The molecule has 2 aromatic rings. The number of nitrogens with zero attached hydrogens (tertiary/aromatic N) is 2. The minimum atomic E-state index is -0.231. The molecule has 0 spiro atoms. The van der Waals surface area contributed by atoms with Crippen molar-refractivity contribution in [2.75, 3.05) is 5.75 Å². The molecule has 0 saturated heterocycles. The maximum absolute atomic E-state index is 12.2. The van der Waals surface area contributed by atoms with Gasteiger partial charge in [0.15, 0.2) is 5.16 Å². The van der Waals surface area contributed by atoms with Crippen molar-refractivity contribution in [2.24, 2.45) is 0 Å². The van der Waals surface area contributed by atoms with E-state index in [0.29, 0.717) is 11.7 Å². The topological polar surface area (TPSA) is 79.8 Å². The van der Waals surface area contributed by atoms with E-state index in [4.69, 9.17) is 0 Å². The molecule has 24 heavy (non-hydrogen) atoms. The van der Waals surface area contributed by atoms with Gasteiger partial charge in [0.25, 0.3) is 0 Å². The first-order valence-electron chi connectivity index (χ1n) is 8.19. The number of rotatable bonds is 8. The molecule has 0 fully saturated rings. The van der Waals surface area contributed by atoms with Crippen molar-refractivity contribution in [3.8, 4) is 0 Å². The summed E-state index contributed by atoms with van der Waals surface area (Å²) in [5.74, 6) is 0.169. The first-order valence-corrected chi connectivity index (χ1v) is 9.17. The highest BCUT2D eigenvalue weighted by atomic mass is 32.2. The number of aromatic amines is 1. The Morgan fingerprint density at radius 1 is 1.33 bits per heavy atom. The Balaban J connectivity index is 1.95. The predicted molar refractivity (Wildman–Crippen MR) is 96.2 cm³/mol. The van der Waals surface area contributed by atoms with Gasteiger partial charge in [-0.3, -0.25) is 9.36 Å². The number of hydrogen-bond acceptors (Lipinski definition) is 4. The molecule has 0 aliphatic heterocycles. The molecule has 6 nitrogen and oxygen atoms in total. The third kappa shape index (κ3) is 4.74. The van der Waals surface area contributed by atoms with Gasteiger partial charge in [-0.2, -0.15) is 0 Å². The van der Waals surface area contributed by atoms with Crippen LogP contribution in [0.5, 0.6) is 0 Å². The minimum absolute atomic E-state index is 0.00396. The highest BCUT2D eigenvalue weighted by Crippen LogP contribution is 2.18. The van der Waals surface area contributed by atoms with E-state index in [0.717, 1.165) is 18.4 Å². The molecular formula is C17H24N4O2S. The van der Waals surface area contributed by atoms with Crippen LogP contribution in [0.4, 0.5) is 0 Å². The molecule has 0 bridgehead atoms. The highest BCUT2D eigenvalue weighted by Gasteiger charge is 2.15. The van der Waals surface area contributed by atoms with E-state index >= 15 is 0 Å². The number of nitrogens with one attached hydrogen (secondary N) is 2. The molecule has 130 valence electrons. The Labute approximate surface area is 146 Å². The van der Waals surface area contributed by atoms with Crippen LogP contribution in [-0.4, -0.2) is 26.4 Å². The van der Waals surface area contributed by atoms with Gasteiger partial charge in [0.1, 0.15) is 0 Å². The van der Waals surface area contributed by atoms with E-state index in [1.807, 2.05) is 45.0 Å². The number of benzene rings is 1. The van der Waals surface area contributed by atoms with Gasteiger partial charge in [-0.05, 0) is 25.3 Å². The molecule has 2 rings (SSSR count). The lowest BCUT2D eigenvalue weighted by Crippen LogP contribution is -2.29. The Morgan fingerprint density at radius 2 is 2.04 bits per heavy atom. The number of thioether (sulfide) groups is 1. The van der Waals surface area contributed by atoms with Gasteiger partial charge in [-0.15, -0.1) is 5.10 Å². The van der Waals surface area contributed by atoms with Crippen LogP contribution in [0.1, 0.15) is 43.9 Å². The number of carbonyl (C=O) groups is 1. The van der Waals surface area contributed by atoms with Gasteiger partial charge in [0.05, 0.1) is 11.8 Å². The van der Waals surface area contributed by atoms with Crippen molar-refractivity contribution in [1.82, 2.24) is 20.1 Å². The zero-order valence-corrected chi connectivity index (χ0v) is 15.2. The standard InChI is InChI=1S/C17H24N4O2S/c1-4-10-21-16(23)19-20-17(21)24-11-15(22)18-14(5-2)13-8-6-12(3)7-9-13/h6-9,14H,4-5,10-11H2,1-3H3,(H,18,22)(H,19,23)/t14-/m1/s1. The fourth-order valence-corrected chi connectivity index (χ4v) is 3.20. The maximum Gasteiger partial charge on any atom is 0.343 e. The van der Waals surface area contributed by atoms with Gasteiger partial charge < -0.3 is 5.32 Å². The van der Waals surface area contributed by atoms with Crippen LogP contribution in [0.25, 0.3) is 0 Å². The number of amides is 1. The summed E-state index contributed by atoms with van der Waals surface area (Å²) in [4.78, 5) is 23.9. The Morgan fingerprint density at radius 3 is 2.67 bits per heavy atom. The second-order valence-electron chi connectivity index (χ2n) is 5.69.